The monoisotopic (exact) mass is 456 g/mol. The number of carbonyl (C=O) groups is 1. The highest BCUT2D eigenvalue weighted by atomic mass is 35.5. The lowest BCUT2D eigenvalue weighted by Gasteiger charge is -2.05. The molecule has 2 aromatic carbocycles. The van der Waals surface area contributed by atoms with Gasteiger partial charge in [0.05, 0.1) is 37.2 Å². The predicted octanol–water partition coefficient (Wildman–Crippen LogP) is 5.52. The second-order valence-electron chi connectivity index (χ2n) is 6.35. The summed E-state index contributed by atoms with van der Waals surface area (Å²) in [6.07, 6.45) is 3.16. The third-order valence-electron chi connectivity index (χ3n) is 4.39. The molecule has 2 N–H and O–H groups in total. The van der Waals surface area contributed by atoms with Gasteiger partial charge in [0.25, 0.3) is 5.91 Å². The molecule has 0 spiro atoms. The van der Waals surface area contributed by atoms with Gasteiger partial charge in [-0.1, -0.05) is 29.3 Å². The number of rotatable bonds is 4. The Morgan fingerprint density at radius 3 is 2.60 bits per heavy atom. The summed E-state index contributed by atoms with van der Waals surface area (Å²) < 4.78 is 0. The molecule has 2 heterocycles. The van der Waals surface area contributed by atoms with Gasteiger partial charge in [0.1, 0.15) is 5.75 Å². The minimum Gasteiger partial charge on any atom is -0.506 e. The summed E-state index contributed by atoms with van der Waals surface area (Å²) in [6, 6.07) is 10.2. The van der Waals surface area contributed by atoms with Crippen molar-refractivity contribution in [3.05, 3.63) is 75.3 Å². The molecule has 0 radical (unpaired) electrons. The third-order valence-corrected chi connectivity index (χ3v) is 6.15. The van der Waals surface area contributed by atoms with Crippen LogP contribution in [0.1, 0.15) is 22.8 Å². The molecule has 150 valence electrons. The van der Waals surface area contributed by atoms with Crippen LogP contribution in [0.5, 0.6) is 5.75 Å². The summed E-state index contributed by atoms with van der Waals surface area (Å²) >= 11 is 13.4. The number of halogens is 2. The second kappa shape index (κ2) is 8.39. The van der Waals surface area contributed by atoms with E-state index in [0.29, 0.717) is 42.8 Å². The fourth-order valence-corrected chi connectivity index (χ4v) is 4.12. The highest BCUT2D eigenvalue weighted by Gasteiger charge is 2.16. The molecule has 4 rings (SSSR count). The van der Waals surface area contributed by atoms with Crippen LogP contribution in [0.15, 0.2) is 59.3 Å². The standard InChI is InChI=1S/C21H14Cl2N4O2S/c1-11(14-10-30-20(19(14)28)12-2-4-15(22)16(23)8-12)26-27-21(29)13-3-5-17-18(9-13)25-7-6-24-17/h2-10,28H,1H3,(H,27,29)/b26-11+. The van der Waals surface area contributed by atoms with E-state index in [-0.39, 0.29) is 11.7 Å². The van der Waals surface area contributed by atoms with Gasteiger partial charge in [-0.05, 0) is 42.8 Å². The molecule has 30 heavy (non-hydrogen) atoms. The summed E-state index contributed by atoms with van der Waals surface area (Å²) in [6.45, 7) is 1.70. The van der Waals surface area contributed by atoms with Crippen LogP contribution in [0.3, 0.4) is 0 Å². The largest absolute Gasteiger partial charge is 0.506 e. The predicted molar refractivity (Wildman–Crippen MR) is 121 cm³/mol. The molecular weight excluding hydrogens is 443 g/mol. The lowest BCUT2D eigenvalue weighted by Crippen LogP contribution is -2.19. The van der Waals surface area contributed by atoms with Crippen LogP contribution in [-0.2, 0) is 0 Å². The number of hydrogen-bond acceptors (Lipinski definition) is 6. The Bertz CT molecular complexity index is 1300. The Hall–Kier alpha value is -3.00. The van der Waals surface area contributed by atoms with E-state index in [1.54, 1.807) is 61.1 Å². The SMILES string of the molecule is C/C(=N\NC(=O)c1ccc2nccnc2c1)c1csc(-c2ccc(Cl)c(Cl)c2)c1O. The Kier molecular flexibility index (Phi) is 5.67. The molecule has 4 aromatic rings. The van der Waals surface area contributed by atoms with Gasteiger partial charge in [-0.3, -0.25) is 14.8 Å². The average Bonchev–Trinajstić information content (AvgIpc) is 3.14. The lowest BCUT2D eigenvalue weighted by atomic mass is 10.1. The van der Waals surface area contributed by atoms with Gasteiger partial charge in [-0.2, -0.15) is 5.10 Å². The van der Waals surface area contributed by atoms with E-state index in [9.17, 15) is 9.90 Å². The molecule has 0 unspecified atom stereocenters. The van der Waals surface area contributed by atoms with Crippen molar-refractivity contribution in [3.63, 3.8) is 0 Å². The van der Waals surface area contributed by atoms with Crippen LogP contribution in [0.4, 0.5) is 0 Å². The number of benzene rings is 2. The fraction of sp³-hybridized carbons (Fsp3) is 0.0476. The second-order valence-corrected chi connectivity index (χ2v) is 8.05. The van der Waals surface area contributed by atoms with Gasteiger partial charge in [-0.25, -0.2) is 5.43 Å². The number of thiophene rings is 1. The zero-order chi connectivity index (χ0) is 21.3. The highest BCUT2D eigenvalue weighted by Crippen LogP contribution is 2.40. The van der Waals surface area contributed by atoms with Gasteiger partial charge in [0.15, 0.2) is 0 Å². The van der Waals surface area contributed by atoms with Gasteiger partial charge in [0, 0.05) is 23.3 Å². The molecule has 1 amide bonds. The summed E-state index contributed by atoms with van der Waals surface area (Å²) in [4.78, 5) is 21.5. The first kappa shape index (κ1) is 20.3. The maximum Gasteiger partial charge on any atom is 0.271 e. The van der Waals surface area contributed by atoms with Gasteiger partial charge in [0.2, 0.25) is 0 Å². The lowest BCUT2D eigenvalue weighted by molar-refractivity contribution is 0.0955. The van der Waals surface area contributed by atoms with Crippen molar-refractivity contribution in [3.8, 4) is 16.2 Å². The maximum atomic E-state index is 12.5. The van der Waals surface area contributed by atoms with E-state index < -0.39 is 0 Å². The number of carbonyl (C=O) groups excluding carboxylic acids is 1. The highest BCUT2D eigenvalue weighted by molar-refractivity contribution is 7.14. The first-order valence-corrected chi connectivity index (χ1v) is 10.4. The Morgan fingerprint density at radius 2 is 1.83 bits per heavy atom. The van der Waals surface area contributed by atoms with E-state index in [1.165, 1.54) is 11.3 Å². The van der Waals surface area contributed by atoms with Crippen LogP contribution < -0.4 is 5.43 Å². The first-order valence-electron chi connectivity index (χ1n) is 8.75. The maximum absolute atomic E-state index is 12.5. The van der Waals surface area contributed by atoms with E-state index in [2.05, 4.69) is 20.5 Å². The molecule has 0 aliphatic carbocycles. The van der Waals surface area contributed by atoms with Crippen molar-refractivity contribution in [1.29, 1.82) is 0 Å². The van der Waals surface area contributed by atoms with E-state index >= 15 is 0 Å². The minimum atomic E-state index is -0.388. The van der Waals surface area contributed by atoms with E-state index in [0.717, 1.165) is 5.56 Å². The van der Waals surface area contributed by atoms with Crippen molar-refractivity contribution in [1.82, 2.24) is 15.4 Å². The quantitative estimate of drug-likeness (QED) is 0.312. The van der Waals surface area contributed by atoms with Crippen LogP contribution in [0, 0.1) is 0 Å². The van der Waals surface area contributed by atoms with Crippen LogP contribution in [-0.4, -0.2) is 26.7 Å². The van der Waals surface area contributed by atoms with E-state index in [4.69, 9.17) is 23.2 Å². The number of nitrogens with one attached hydrogen (secondary N) is 1. The number of hydrogen-bond donors (Lipinski definition) is 2. The molecule has 2 aromatic heterocycles. The van der Waals surface area contributed by atoms with Crippen LogP contribution in [0.2, 0.25) is 10.0 Å². The zero-order valence-electron chi connectivity index (χ0n) is 15.6. The summed E-state index contributed by atoms with van der Waals surface area (Å²) in [5.41, 5.74) is 5.96. The number of nitrogens with zero attached hydrogens (tertiary/aromatic N) is 3. The average molecular weight is 457 g/mol. The summed E-state index contributed by atoms with van der Waals surface area (Å²) in [5.74, 6) is -0.323. The van der Waals surface area contributed by atoms with Crippen molar-refractivity contribution in [2.24, 2.45) is 5.10 Å². The topological polar surface area (TPSA) is 87.5 Å². The molecule has 0 saturated carbocycles. The zero-order valence-corrected chi connectivity index (χ0v) is 17.9. The van der Waals surface area contributed by atoms with Crippen molar-refractivity contribution < 1.29 is 9.90 Å². The smallest absolute Gasteiger partial charge is 0.271 e. The Labute approximate surface area is 185 Å². The molecule has 0 atom stereocenters. The number of amides is 1. The van der Waals surface area contributed by atoms with Gasteiger partial charge >= 0.3 is 0 Å². The number of aromatic hydroxyl groups is 1. The Balaban J connectivity index is 1.55. The van der Waals surface area contributed by atoms with Crippen molar-refractivity contribution in [2.45, 2.75) is 6.92 Å². The molecular formula is C21H14Cl2N4O2S. The third kappa shape index (κ3) is 4.00. The summed E-state index contributed by atoms with van der Waals surface area (Å²) in [5, 5.41) is 17.4. The molecule has 9 heteroatoms. The normalized spacial score (nSPS) is 11.6. The Morgan fingerprint density at radius 1 is 1.07 bits per heavy atom. The van der Waals surface area contributed by atoms with Gasteiger partial charge < -0.3 is 5.11 Å². The van der Waals surface area contributed by atoms with Crippen LogP contribution in [0.25, 0.3) is 21.5 Å². The van der Waals surface area contributed by atoms with Crippen LogP contribution >= 0.6 is 34.5 Å². The molecule has 0 bridgehead atoms. The molecule has 0 aliphatic rings. The molecule has 6 nitrogen and oxygen atoms in total. The molecule has 0 fully saturated rings. The minimum absolute atomic E-state index is 0.0647. The fourth-order valence-electron chi connectivity index (χ4n) is 2.81. The number of fused-ring (bicyclic) bond motifs is 1. The van der Waals surface area contributed by atoms with E-state index in [1.807, 2.05) is 0 Å². The number of hydrazone groups is 1. The van der Waals surface area contributed by atoms with Gasteiger partial charge in [-0.15, -0.1) is 11.3 Å². The molecule has 0 aliphatic heterocycles. The first-order chi connectivity index (χ1) is 14.4. The molecule has 0 saturated heterocycles. The van der Waals surface area contributed by atoms with Crippen molar-refractivity contribution >= 4 is 57.2 Å². The van der Waals surface area contributed by atoms with Crippen molar-refractivity contribution in [2.75, 3.05) is 0 Å². The number of aromatic nitrogens is 2. The summed E-state index contributed by atoms with van der Waals surface area (Å²) in [7, 11) is 0.